The van der Waals surface area contributed by atoms with E-state index in [-0.39, 0.29) is 5.91 Å². The predicted octanol–water partition coefficient (Wildman–Crippen LogP) is 1.36. The molecule has 5 heteroatoms. The van der Waals surface area contributed by atoms with Gasteiger partial charge in [-0.3, -0.25) is 9.48 Å². The second-order valence-electron chi connectivity index (χ2n) is 4.10. The number of amides is 1. The van der Waals surface area contributed by atoms with E-state index in [2.05, 4.69) is 5.10 Å². The first-order chi connectivity index (χ1) is 8.67. The van der Waals surface area contributed by atoms with Crippen molar-refractivity contribution in [3.05, 3.63) is 30.1 Å². The largest absolute Gasteiger partial charge is 0.383 e. The van der Waals surface area contributed by atoms with Gasteiger partial charge in [0.15, 0.2) is 0 Å². The highest BCUT2D eigenvalue weighted by Gasteiger charge is 2.13. The van der Waals surface area contributed by atoms with Crippen molar-refractivity contribution in [1.29, 1.82) is 0 Å². The highest BCUT2D eigenvalue weighted by molar-refractivity contribution is 5.77. The topological polar surface area (TPSA) is 47.4 Å². The van der Waals surface area contributed by atoms with Crippen molar-refractivity contribution in [3.63, 3.8) is 0 Å². The molecule has 0 spiro atoms. The number of rotatable bonds is 7. The molecule has 0 aliphatic heterocycles. The minimum Gasteiger partial charge on any atom is -0.383 e. The quantitative estimate of drug-likeness (QED) is 0.687. The van der Waals surface area contributed by atoms with E-state index in [0.29, 0.717) is 26.1 Å². The van der Waals surface area contributed by atoms with E-state index in [4.69, 9.17) is 4.74 Å². The third kappa shape index (κ3) is 4.71. The number of hydrogen-bond acceptors (Lipinski definition) is 3. The molecule has 0 unspecified atom stereocenters. The predicted molar refractivity (Wildman–Crippen MR) is 69.9 cm³/mol. The van der Waals surface area contributed by atoms with Crippen molar-refractivity contribution in [2.45, 2.75) is 19.9 Å². The lowest BCUT2D eigenvalue weighted by atomic mass is 10.2. The van der Waals surface area contributed by atoms with Gasteiger partial charge in [0.25, 0.3) is 0 Å². The molecular formula is C13H21N3O2. The van der Waals surface area contributed by atoms with Crippen molar-refractivity contribution >= 4 is 5.91 Å². The Hall–Kier alpha value is -1.62. The van der Waals surface area contributed by atoms with Crippen molar-refractivity contribution in [2.75, 3.05) is 20.3 Å². The number of nitrogens with zero attached hydrogens (tertiary/aromatic N) is 3. The van der Waals surface area contributed by atoms with Crippen LogP contribution in [0.3, 0.4) is 0 Å². The van der Waals surface area contributed by atoms with Crippen LogP contribution in [0.15, 0.2) is 24.5 Å². The molecule has 1 aromatic heterocycles. The van der Waals surface area contributed by atoms with Crippen LogP contribution in [0.25, 0.3) is 0 Å². The zero-order chi connectivity index (χ0) is 13.4. The van der Waals surface area contributed by atoms with Crippen molar-refractivity contribution < 1.29 is 9.53 Å². The Morgan fingerprint density at radius 3 is 2.94 bits per heavy atom. The highest BCUT2D eigenvalue weighted by atomic mass is 16.5. The molecule has 0 N–H and O–H groups in total. The number of hydrogen-bond donors (Lipinski definition) is 0. The summed E-state index contributed by atoms with van der Waals surface area (Å²) in [6.45, 7) is 3.63. The second kappa shape index (κ2) is 7.66. The number of aromatic nitrogens is 2. The van der Waals surface area contributed by atoms with Gasteiger partial charge in [-0.1, -0.05) is 12.2 Å². The maximum atomic E-state index is 12.0. The minimum atomic E-state index is 0.106. The molecule has 0 fully saturated rings. The number of aryl methyl sites for hydroxylation is 1. The van der Waals surface area contributed by atoms with Crippen LogP contribution < -0.4 is 0 Å². The van der Waals surface area contributed by atoms with Gasteiger partial charge in [0.1, 0.15) is 0 Å². The Morgan fingerprint density at radius 1 is 1.61 bits per heavy atom. The molecule has 0 aliphatic carbocycles. The first-order valence-electron chi connectivity index (χ1n) is 6.02. The van der Waals surface area contributed by atoms with E-state index in [1.54, 1.807) is 22.9 Å². The van der Waals surface area contributed by atoms with Crippen LogP contribution in [0, 0.1) is 0 Å². The van der Waals surface area contributed by atoms with E-state index in [9.17, 15) is 4.79 Å². The molecule has 1 heterocycles. The summed E-state index contributed by atoms with van der Waals surface area (Å²) >= 11 is 0. The van der Waals surface area contributed by atoms with E-state index in [1.165, 1.54) is 0 Å². The molecule has 100 valence electrons. The normalized spacial score (nSPS) is 11.1. The third-order valence-corrected chi connectivity index (χ3v) is 2.58. The van der Waals surface area contributed by atoms with Gasteiger partial charge in [0.05, 0.1) is 12.8 Å². The highest BCUT2D eigenvalue weighted by Crippen LogP contribution is 2.05. The Kier molecular flexibility index (Phi) is 6.14. The molecule has 0 aliphatic rings. The van der Waals surface area contributed by atoms with Crippen molar-refractivity contribution in [1.82, 2.24) is 14.7 Å². The first kappa shape index (κ1) is 14.4. The smallest absolute Gasteiger partial charge is 0.226 e. The van der Waals surface area contributed by atoms with Gasteiger partial charge in [0.2, 0.25) is 5.91 Å². The summed E-state index contributed by atoms with van der Waals surface area (Å²) in [4.78, 5) is 13.8. The first-order valence-corrected chi connectivity index (χ1v) is 6.02. The number of carbonyl (C=O) groups excluding carboxylic acids is 1. The summed E-state index contributed by atoms with van der Waals surface area (Å²) in [7, 11) is 3.50. The molecular weight excluding hydrogens is 230 g/mol. The Labute approximate surface area is 108 Å². The molecule has 0 aromatic carbocycles. The minimum absolute atomic E-state index is 0.106. The number of ether oxygens (including phenoxy) is 1. The summed E-state index contributed by atoms with van der Waals surface area (Å²) in [5.74, 6) is 0.106. The fourth-order valence-corrected chi connectivity index (χ4v) is 1.62. The van der Waals surface area contributed by atoms with Crippen LogP contribution in [-0.2, 0) is 23.1 Å². The van der Waals surface area contributed by atoms with Gasteiger partial charge < -0.3 is 9.64 Å². The van der Waals surface area contributed by atoms with Crippen LogP contribution >= 0.6 is 0 Å². The Morgan fingerprint density at radius 2 is 2.39 bits per heavy atom. The standard InChI is InChI=1S/C13H21N3O2/c1-4-5-6-13(17)16(7-8-18-3)11-12-9-14-15(2)10-12/h4-5,9-10H,6-8,11H2,1-3H3/b5-4+. The average molecular weight is 251 g/mol. The van der Waals surface area contributed by atoms with Crippen molar-refractivity contribution in [3.8, 4) is 0 Å². The Bertz CT molecular complexity index is 399. The SMILES string of the molecule is C/C=C/CC(=O)N(CCOC)Cc1cnn(C)c1. The third-order valence-electron chi connectivity index (χ3n) is 2.58. The fraction of sp³-hybridized carbons (Fsp3) is 0.538. The van der Waals surface area contributed by atoms with Gasteiger partial charge in [-0.2, -0.15) is 5.10 Å². The van der Waals surface area contributed by atoms with Crippen LogP contribution in [0.5, 0.6) is 0 Å². The summed E-state index contributed by atoms with van der Waals surface area (Å²) < 4.78 is 6.77. The molecule has 18 heavy (non-hydrogen) atoms. The molecule has 0 bridgehead atoms. The van der Waals surface area contributed by atoms with Gasteiger partial charge >= 0.3 is 0 Å². The van der Waals surface area contributed by atoms with Gasteiger partial charge in [-0.05, 0) is 6.92 Å². The van der Waals surface area contributed by atoms with Crippen LogP contribution in [-0.4, -0.2) is 40.8 Å². The van der Waals surface area contributed by atoms with E-state index < -0.39 is 0 Å². The molecule has 0 radical (unpaired) electrons. The lowest BCUT2D eigenvalue weighted by Crippen LogP contribution is -2.32. The molecule has 0 atom stereocenters. The van der Waals surface area contributed by atoms with Gasteiger partial charge in [-0.25, -0.2) is 0 Å². The van der Waals surface area contributed by atoms with E-state index in [1.807, 2.05) is 32.3 Å². The van der Waals surface area contributed by atoms with Crippen LogP contribution in [0.4, 0.5) is 0 Å². The van der Waals surface area contributed by atoms with E-state index >= 15 is 0 Å². The zero-order valence-corrected chi connectivity index (χ0v) is 11.3. The number of allylic oxidation sites excluding steroid dienone is 1. The summed E-state index contributed by atoms with van der Waals surface area (Å²) in [6, 6.07) is 0. The molecule has 1 rings (SSSR count). The Balaban J connectivity index is 2.62. The number of methoxy groups -OCH3 is 1. The number of carbonyl (C=O) groups is 1. The van der Waals surface area contributed by atoms with Crippen molar-refractivity contribution in [2.24, 2.45) is 7.05 Å². The molecule has 0 saturated carbocycles. The molecule has 1 amide bonds. The van der Waals surface area contributed by atoms with Crippen LogP contribution in [0.1, 0.15) is 18.9 Å². The lowest BCUT2D eigenvalue weighted by molar-refractivity contribution is -0.131. The summed E-state index contributed by atoms with van der Waals surface area (Å²) in [6.07, 6.45) is 7.88. The maximum absolute atomic E-state index is 12.0. The lowest BCUT2D eigenvalue weighted by Gasteiger charge is -2.21. The second-order valence-corrected chi connectivity index (χ2v) is 4.10. The van der Waals surface area contributed by atoms with E-state index in [0.717, 1.165) is 5.56 Å². The molecule has 0 saturated heterocycles. The molecule has 5 nitrogen and oxygen atoms in total. The maximum Gasteiger partial charge on any atom is 0.226 e. The van der Waals surface area contributed by atoms with Crippen LogP contribution in [0.2, 0.25) is 0 Å². The summed E-state index contributed by atoms with van der Waals surface area (Å²) in [5, 5.41) is 4.10. The zero-order valence-electron chi connectivity index (χ0n) is 11.3. The average Bonchev–Trinajstić information content (AvgIpc) is 2.77. The fourth-order valence-electron chi connectivity index (χ4n) is 1.62. The van der Waals surface area contributed by atoms with Gasteiger partial charge in [-0.15, -0.1) is 0 Å². The summed E-state index contributed by atoms with van der Waals surface area (Å²) in [5.41, 5.74) is 1.03. The molecule has 1 aromatic rings. The van der Waals surface area contributed by atoms with Gasteiger partial charge in [0, 0.05) is 45.4 Å². The monoisotopic (exact) mass is 251 g/mol.